The smallest absolute Gasteiger partial charge is 0.441 e. The van der Waals surface area contributed by atoms with Gasteiger partial charge < -0.3 is 15.7 Å². The van der Waals surface area contributed by atoms with Crippen LogP contribution in [-0.2, 0) is 11.3 Å². The second-order valence-electron chi connectivity index (χ2n) is 3.96. The van der Waals surface area contributed by atoms with Gasteiger partial charge in [-0.05, 0) is 17.3 Å². The molecule has 0 aliphatic rings. The minimum absolute atomic E-state index is 0.105. The highest BCUT2D eigenvalue weighted by atomic mass is 32.2. The molecule has 0 bridgehead atoms. The fourth-order valence-electron chi connectivity index (χ4n) is 1.42. The lowest BCUT2D eigenvalue weighted by molar-refractivity contribution is -0.122. The minimum atomic E-state index is -4.53. The van der Waals surface area contributed by atoms with Crippen molar-refractivity contribution in [3.05, 3.63) is 35.9 Å². The van der Waals surface area contributed by atoms with Crippen LogP contribution < -0.4 is 10.6 Å². The molecule has 1 aromatic carbocycles. The van der Waals surface area contributed by atoms with Gasteiger partial charge in [0.15, 0.2) is 0 Å². The van der Waals surface area contributed by atoms with Crippen molar-refractivity contribution in [3.8, 4) is 0 Å². The maximum absolute atomic E-state index is 12.1. The van der Waals surface area contributed by atoms with Gasteiger partial charge in [0.2, 0.25) is 5.91 Å². The Morgan fingerprint density at radius 1 is 1.24 bits per heavy atom. The highest BCUT2D eigenvalue weighted by Gasteiger charge is 2.32. The predicted octanol–water partition coefficient (Wildman–Crippen LogP) is 2.19. The average molecular weight is 322 g/mol. The van der Waals surface area contributed by atoms with E-state index in [9.17, 15) is 22.8 Å². The molecule has 0 spiro atoms. The molecule has 0 aromatic heterocycles. The van der Waals surface area contributed by atoms with Crippen molar-refractivity contribution in [1.29, 1.82) is 0 Å². The van der Waals surface area contributed by atoms with Gasteiger partial charge in [0.1, 0.15) is 6.04 Å². The predicted molar refractivity (Wildman–Crippen MR) is 71.8 cm³/mol. The number of halogens is 3. The molecular formula is C12H13F3N2O3S. The van der Waals surface area contributed by atoms with Crippen LogP contribution in [0, 0.1) is 0 Å². The van der Waals surface area contributed by atoms with Crippen molar-refractivity contribution in [2.45, 2.75) is 18.1 Å². The normalized spacial score (nSPS) is 12.5. The number of carboxylic acid groups (broad SMARTS) is 1. The van der Waals surface area contributed by atoms with Crippen LogP contribution in [0.25, 0.3) is 0 Å². The first-order chi connectivity index (χ1) is 9.78. The van der Waals surface area contributed by atoms with E-state index in [1.54, 1.807) is 35.6 Å². The van der Waals surface area contributed by atoms with Crippen LogP contribution in [0.2, 0.25) is 0 Å². The molecule has 1 aromatic rings. The van der Waals surface area contributed by atoms with Gasteiger partial charge in [-0.15, -0.1) is 0 Å². The number of carbonyl (C=O) groups excluding carboxylic acids is 1. The van der Waals surface area contributed by atoms with E-state index in [0.29, 0.717) is 0 Å². The molecule has 0 aliphatic carbocycles. The van der Waals surface area contributed by atoms with Gasteiger partial charge in [-0.1, -0.05) is 30.3 Å². The van der Waals surface area contributed by atoms with E-state index in [-0.39, 0.29) is 6.54 Å². The summed E-state index contributed by atoms with van der Waals surface area (Å²) < 4.78 is 36.4. The van der Waals surface area contributed by atoms with E-state index in [4.69, 9.17) is 5.11 Å². The van der Waals surface area contributed by atoms with E-state index < -0.39 is 41.1 Å². The number of rotatable bonds is 6. The Morgan fingerprint density at radius 3 is 2.38 bits per heavy atom. The molecule has 5 nitrogen and oxygen atoms in total. The summed E-state index contributed by atoms with van der Waals surface area (Å²) in [4.78, 5) is 22.3. The highest BCUT2D eigenvalue weighted by Crippen LogP contribution is 2.30. The van der Waals surface area contributed by atoms with Crippen molar-refractivity contribution in [2.24, 2.45) is 0 Å². The Morgan fingerprint density at radius 2 is 1.86 bits per heavy atom. The molecule has 0 saturated carbocycles. The van der Waals surface area contributed by atoms with Crippen molar-refractivity contribution in [2.75, 3.05) is 5.75 Å². The Labute approximate surface area is 122 Å². The Hall–Kier alpha value is -1.90. The summed E-state index contributed by atoms with van der Waals surface area (Å²) in [7, 11) is 0. The van der Waals surface area contributed by atoms with Gasteiger partial charge in [-0.2, -0.15) is 13.2 Å². The first-order valence-electron chi connectivity index (χ1n) is 5.79. The second-order valence-corrected chi connectivity index (χ2v) is 5.05. The molecular weight excluding hydrogens is 309 g/mol. The highest BCUT2D eigenvalue weighted by molar-refractivity contribution is 8.00. The zero-order chi connectivity index (χ0) is 15.9. The molecule has 0 heterocycles. The number of alkyl halides is 3. The number of amides is 2. The Balaban J connectivity index is 2.56. The van der Waals surface area contributed by atoms with Gasteiger partial charge in [-0.25, -0.2) is 4.79 Å². The van der Waals surface area contributed by atoms with Crippen molar-refractivity contribution >= 4 is 23.8 Å². The first-order valence-corrected chi connectivity index (χ1v) is 6.78. The summed E-state index contributed by atoms with van der Waals surface area (Å²) in [5.74, 6) is -1.53. The largest absolute Gasteiger partial charge is 0.465 e. The number of benzene rings is 1. The van der Waals surface area contributed by atoms with Crippen molar-refractivity contribution < 1.29 is 27.9 Å². The number of nitrogens with one attached hydrogen (secondary N) is 2. The third-order valence-corrected chi connectivity index (χ3v) is 3.16. The van der Waals surface area contributed by atoms with Gasteiger partial charge in [0.25, 0.3) is 0 Å². The van der Waals surface area contributed by atoms with Crippen LogP contribution >= 0.6 is 11.8 Å². The van der Waals surface area contributed by atoms with Crippen LogP contribution in [0.1, 0.15) is 5.56 Å². The maximum atomic E-state index is 12.1. The van der Waals surface area contributed by atoms with E-state index in [0.717, 1.165) is 5.56 Å². The number of carbonyl (C=O) groups is 2. The summed E-state index contributed by atoms with van der Waals surface area (Å²) in [6.45, 7) is 0.105. The van der Waals surface area contributed by atoms with Crippen LogP contribution in [0.3, 0.4) is 0 Å². The SMILES string of the molecule is O=C(O)NC(CSC(F)(F)F)C(=O)NCc1ccccc1. The summed E-state index contributed by atoms with van der Waals surface area (Å²) in [6, 6.07) is 7.24. The van der Waals surface area contributed by atoms with Crippen LogP contribution in [0.15, 0.2) is 30.3 Å². The lowest BCUT2D eigenvalue weighted by Gasteiger charge is -2.17. The van der Waals surface area contributed by atoms with Crippen molar-refractivity contribution in [3.63, 3.8) is 0 Å². The third-order valence-electron chi connectivity index (χ3n) is 2.34. The van der Waals surface area contributed by atoms with E-state index in [1.807, 2.05) is 0 Å². The summed E-state index contributed by atoms with van der Waals surface area (Å²) in [6.07, 6.45) is -1.56. The monoisotopic (exact) mass is 322 g/mol. The van der Waals surface area contributed by atoms with Crippen LogP contribution in [0.4, 0.5) is 18.0 Å². The Bertz CT molecular complexity index is 482. The Kier molecular flexibility index (Phi) is 6.35. The van der Waals surface area contributed by atoms with Crippen LogP contribution in [-0.4, -0.2) is 34.4 Å². The zero-order valence-corrected chi connectivity index (χ0v) is 11.5. The summed E-state index contributed by atoms with van der Waals surface area (Å²) in [5, 5.41) is 12.7. The molecule has 0 fully saturated rings. The molecule has 1 rings (SSSR count). The lowest BCUT2D eigenvalue weighted by Crippen LogP contribution is -2.48. The van der Waals surface area contributed by atoms with Crippen molar-refractivity contribution in [1.82, 2.24) is 10.6 Å². The van der Waals surface area contributed by atoms with E-state index in [2.05, 4.69) is 5.32 Å². The number of hydrogen-bond acceptors (Lipinski definition) is 3. The molecule has 0 saturated heterocycles. The number of hydrogen-bond donors (Lipinski definition) is 3. The lowest BCUT2D eigenvalue weighted by atomic mass is 10.2. The molecule has 1 unspecified atom stereocenters. The van der Waals surface area contributed by atoms with Gasteiger partial charge >= 0.3 is 11.6 Å². The third kappa shape index (κ3) is 7.45. The molecule has 21 heavy (non-hydrogen) atoms. The maximum Gasteiger partial charge on any atom is 0.441 e. The summed E-state index contributed by atoms with van der Waals surface area (Å²) >= 11 is -0.453. The first kappa shape index (κ1) is 17.2. The summed E-state index contributed by atoms with van der Waals surface area (Å²) in [5.41, 5.74) is -3.78. The van der Waals surface area contributed by atoms with Gasteiger partial charge in [-0.3, -0.25) is 4.79 Å². The minimum Gasteiger partial charge on any atom is -0.465 e. The topological polar surface area (TPSA) is 78.4 Å². The zero-order valence-electron chi connectivity index (χ0n) is 10.7. The fourth-order valence-corrected chi connectivity index (χ4v) is 2.01. The van der Waals surface area contributed by atoms with E-state index >= 15 is 0 Å². The standard InChI is InChI=1S/C12H13F3N2O3S/c13-12(14,15)21-7-9(17-11(19)20)10(18)16-6-8-4-2-1-3-5-8/h1-5,9,17H,6-7H2,(H,16,18)(H,19,20). The molecule has 3 N–H and O–H groups in total. The molecule has 2 amide bonds. The van der Waals surface area contributed by atoms with Crippen LogP contribution in [0.5, 0.6) is 0 Å². The molecule has 0 aliphatic heterocycles. The average Bonchev–Trinajstić information content (AvgIpc) is 2.40. The second kappa shape index (κ2) is 7.77. The van der Waals surface area contributed by atoms with Gasteiger partial charge in [0.05, 0.1) is 0 Å². The van der Waals surface area contributed by atoms with E-state index in [1.165, 1.54) is 0 Å². The quantitative estimate of drug-likeness (QED) is 0.750. The number of thioether (sulfide) groups is 1. The molecule has 1 atom stereocenters. The fraction of sp³-hybridized carbons (Fsp3) is 0.333. The molecule has 9 heteroatoms. The van der Waals surface area contributed by atoms with Gasteiger partial charge in [0, 0.05) is 12.3 Å². The molecule has 116 valence electrons. The molecule has 0 radical (unpaired) electrons.